The minimum absolute atomic E-state index is 0.100. The molecule has 6 heteroatoms. The summed E-state index contributed by atoms with van der Waals surface area (Å²) in [7, 11) is 1.21. The standard InChI is InChI=1S/C10H12F2N2O2/c1-5-7(10(15)16-2)3-6(4-13)8(14-5)9(11)12/h3,9H,4,13H2,1-2H3. The second-order valence-electron chi connectivity index (χ2n) is 3.16. The summed E-state index contributed by atoms with van der Waals surface area (Å²) in [4.78, 5) is 15.0. The van der Waals surface area contributed by atoms with Crippen molar-refractivity contribution < 1.29 is 18.3 Å². The van der Waals surface area contributed by atoms with Crippen molar-refractivity contribution in [2.24, 2.45) is 5.73 Å². The Morgan fingerprint density at radius 3 is 2.69 bits per heavy atom. The molecule has 0 radical (unpaired) electrons. The van der Waals surface area contributed by atoms with E-state index in [4.69, 9.17) is 5.73 Å². The van der Waals surface area contributed by atoms with E-state index in [1.165, 1.54) is 20.1 Å². The van der Waals surface area contributed by atoms with Crippen molar-refractivity contribution in [3.63, 3.8) is 0 Å². The Morgan fingerprint density at radius 2 is 2.25 bits per heavy atom. The van der Waals surface area contributed by atoms with Crippen molar-refractivity contribution >= 4 is 5.97 Å². The highest BCUT2D eigenvalue weighted by molar-refractivity contribution is 5.90. The van der Waals surface area contributed by atoms with Gasteiger partial charge >= 0.3 is 5.97 Å². The number of hydrogen-bond donors (Lipinski definition) is 1. The van der Waals surface area contributed by atoms with Gasteiger partial charge in [0.1, 0.15) is 5.69 Å². The third-order valence-corrected chi connectivity index (χ3v) is 2.16. The monoisotopic (exact) mass is 230 g/mol. The number of pyridine rings is 1. The zero-order valence-electron chi connectivity index (χ0n) is 8.96. The van der Waals surface area contributed by atoms with Gasteiger partial charge in [-0.05, 0) is 18.6 Å². The molecule has 88 valence electrons. The number of ether oxygens (including phenoxy) is 1. The maximum atomic E-state index is 12.6. The van der Waals surface area contributed by atoms with Crippen molar-refractivity contribution in [1.82, 2.24) is 4.98 Å². The van der Waals surface area contributed by atoms with Crippen LogP contribution >= 0.6 is 0 Å². The number of carbonyl (C=O) groups excluding carboxylic acids is 1. The van der Waals surface area contributed by atoms with E-state index in [2.05, 4.69) is 9.72 Å². The first-order chi connectivity index (χ1) is 7.51. The number of rotatable bonds is 3. The predicted molar refractivity (Wildman–Crippen MR) is 53.2 cm³/mol. The highest BCUT2D eigenvalue weighted by atomic mass is 19.3. The van der Waals surface area contributed by atoms with Gasteiger partial charge in [0.15, 0.2) is 0 Å². The fourth-order valence-corrected chi connectivity index (χ4v) is 1.33. The van der Waals surface area contributed by atoms with Crippen LogP contribution in [-0.2, 0) is 11.3 Å². The Bertz CT molecular complexity index is 408. The topological polar surface area (TPSA) is 65.2 Å². The first kappa shape index (κ1) is 12.5. The molecule has 1 aromatic rings. The summed E-state index contributed by atoms with van der Waals surface area (Å²) >= 11 is 0. The van der Waals surface area contributed by atoms with Crippen LogP contribution in [0.2, 0.25) is 0 Å². The maximum Gasteiger partial charge on any atom is 0.339 e. The number of nitrogens with zero attached hydrogens (tertiary/aromatic N) is 1. The molecule has 0 aromatic carbocycles. The molecular formula is C10H12F2N2O2. The number of aromatic nitrogens is 1. The minimum Gasteiger partial charge on any atom is -0.465 e. The molecule has 16 heavy (non-hydrogen) atoms. The maximum absolute atomic E-state index is 12.6. The molecule has 0 saturated heterocycles. The smallest absolute Gasteiger partial charge is 0.339 e. The molecule has 0 aliphatic heterocycles. The van der Waals surface area contributed by atoms with Crippen LogP contribution < -0.4 is 5.73 Å². The van der Waals surface area contributed by atoms with Gasteiger partial charge in [-0.3, -0.25) is 4.98 Å². The zero-order valence-corrected chi connectivity index (χ0v) is 8.96. The average molecular weight is 230 g/mol. The lowest BCUT2D eigenvalue weighted by Gasteiger charge is -2.10. The molecule has 0 fully saturated rings. The molecule has 1 heterocycles. The summed E-state index contributed by atoms with van der Waals surface area (Å²) in [6, 6.07) is 1.30. The Kier molecular flexibility index (Phi) is 3.89. The average Bonchev–Trinajstić information content (AvgIpc) is 2.27. The number of halogens is 2. The molecule has 0 spiro atoms. The summed E-state index contributed by atoms with van der Waals surface area (Å²) in [5.74, 6) is -0.611. The molecule has 0 atom stereocenters. The fourth-order valence-electron chi connectivity index (χ4n) is 1.33. The molecule has 0 aliphatic carbocycles. The number of nitrogens with two attached hydrogens (primary N) is 1. The largest absolute Gasteiger partial charge is 0.465 e. The number of alkyl halides is 2. The first-order valence-electron chi connectivity index (χ1n) is 4.58. The summed E-state index contributed by atoms with van der Waals surface area (Å²) in [6.45, 7) is 1.37. The van der Waals surface area contributed by atoms with Crippen molar-refractivity contribution in [2.75, 3.05) is 7.11 Å². The van der Waals surface area contributed by atoms with Crippen LogP contribution in [0.1, 0.15) is 33.7 Å². The van der Waals surface area contributed by atoms with Gasteiger partial charge < -0.3 is 10.5 Å². The van der Waals surface area contributed by atoms with Crippen LogP contribution in [0.25, 0.3) is 0 Å². The van der Waals surface area contributed by atoms with Crippen LogP contribution in [0.3, 0.4) is 0 Å². The van der Waals surface area contributed by atoms with Crippen molar-refractivity contribution in [2.45, 2.75) is 19.9 Å². The van der Waals surface area contributed by atoms with E-state index in [0.29, 0.717) is 0 Å². The van der Waals surface area contributed by atoms with Gasteiger partial charge in [-0.2, -0.15) is 0 Å². The lowest BCUT2D eigenvalue weighted by molar-refractivity contribution is 0.0598. The van der Waals surface area contributed by atoms with Gasteiger partial charge in [0, 0.05) is 6.54 Å². The minimum atomic E-state index is -2.70. The number of methoxy groups -OCH3 is 1. The van der Waals surface area contributed by atoms with E-state index < -0.39 is 12.4 Å². The third-order valence-electron chi connectivity index (χ3n) is 2.16. The van der Waals surface area contributed by atoms with Crippen molar-refractivity contribution in [1.29, 1.82) is 0 Å². The number of carbonyl (C=O) groups is 1. The summed E-state index contributed by atoms with van der Waals surface area (Å²) in [5, 5.41) is 0. The lowest BCUT2D eigenvalue weighted by Crippen LogP contribution is -2.12. The van der Waals surface area contributed by atoms with Crippen LogP contribution in [0, 0.1) is 6.92 Å². The van der Waals surface area contributed by atoms with Gasteiger partial charge in [0.2, 0.25) is 0 Å². The Balaban J connectivity index is 3.31. The molecule has 0 saturated carbocycles. The normalized spacial score (nSPS) is 10.6. The molecule has 0 unspecified atom stereocenters. The third kappa shape index (κ3) is 2.33. The van der Waals surface area contributed by atoms with E-state index in [1.54, 1.807) is 0 Å². The molecule has 0 amide bonds. The Hall–Kier alpha value is -1.56. The molecule has 4 nitrogen and oxygen atoms in total. The van der Waals surface area contributed by atoms with Gasteiger partial charge in [-0.1, -0.05) is 0 Å². The van der Waals surface area contributed by atoms with E-state index in [9.17, 15) is 13.6 Å². The Labute approximate surface area is 91.4 Å². The Morgan fingerprint density at radius 1 is 1.62 bits per heavy atom. The van der Waals surface area contributed by atoms with Gasteiger partial charge in [-0.25, -0.2) is 13.6 Å². The fraction of sp³-hybridized carbons (Fsp3) is 0.400. The number of hydrogen-bond acceptors (Lipinski definition) is 4. The quantitative estimate of drug-likeness (QED) is 0.800. The van der Waals surface area contributed by atoms with Crippen LogP contribution in [-0.4, -0.2) is 18.1 Å². The summed E-state index contributed by atoms with van der Waals surface area (Å²) in [6.07, 6.45) is -2.70. The van der Waals surface area contributed by atoms with Gasteiger partial charge in [-0.15, -0.1) is 0 Å². The van der Waals surface area contributed by atoms with Crippen molar-refractivity contribution in [3.05, 3.63) is 28.6 Å². The van der Waals surface area contributed by atoms with Crippen LogP contribution in [0.5, 0.6) is 0 Å². The van der Waals surface area contributed by atoms with E-state index in [1.807, 2.05) is 0 Å². The van der Waals surface area contributed by atoms with Gasteiger partial charge in [0.05, 0.1) is 18.4 Å². The van der Waals surface area contributed by atoms with Crippen LogP contribution in [0.15, 0.2) is 6.07 Å². The second kappa shape index (κ2) is 4.98. The van der Waals surface area contributed by atoms with Gasteiger partial charge in [0.25, 0.3) is 6.43 Å². The summed E-state index contributed by atoms with van der Waals surface area (Å²) < 4.78 is 29.7. The molecule has 2 N–H and O–H groups in total. The van der Waals surface area contributed by atoms with E-state index >= 15 is 0 Å². The van der Waals surface area contributed by atoms with Crippen LogP contribution in [0.4, 0.5) is 8.78 Å². The highest BCUT2D eigenvalue weighted by Crippen LogP contribution is 2.23. The van der Waals surface area contributed by atoms with E-state index in [0.717, 1.165) is 0 Å². The molecule has 0 aliphatic rings. The first-order valence-corrected chi connectivity index (χ1v) is 4.58. The molecular weight excluding hydrogens is 218 g/mol. The summed E-state index contributed by atoms with van der Waals surface area (Å²) in [5.41, 5.74) is 5.46. The highest BCUT2D eigenvalue weighted by Gasteiger charge is 2.19. The molecule has 1 rings (SSSR count). The zero-order chi connectivity index (χ0) is 12.3. The SMILES string of the molecule is COC(=O)c1cc(CN)c(C(F)F)nc1C. The van der Waals surface area contributed by atoms with E-state index in [-0.39, 0.29) is 29.1 Å². The lowest BCUT2D eigenvalue weighted by atomic mass is 10.1. The van der Waals surface area contributed by atoms with Crippen molar-refractivity contribution in [3.8, 4) is 0 Å². The molecule has 1 aromatic heterocycles. The number of aryl methyl sites for hydroxylation is 1. The number of esters is 1. The molecule has 0 bridgehead atoms. The predicted octanol–water partition coefficient (Wildman–Crippen LogP) is 1.57. The second-order valence-corrected chi connectivity index (χ2v) is 3.16.